The summed E-state index contributed by atoms with van der Waals surface area (Å²) in [5.74, 6) is 0.174. The van der Waals surface area contributed by atoms with E-state index in [1.807, 2.05) is 18.2 Å². The Balaban J connectivity index is 1.52. The van der Waals surface area contributed by atoms with Gasteiger partial charge in [-0.2, -0.15) is 13.2 Å². The van der Waals surface area contributed by atoms with Crippen LogP contribution in [0.4, 0.5) is 13.2 Å². The van der Waals surface area contributed by atoms with Crippen LogP contribution in [0.2, 0.25) is 0 Å². The fourth-order valence-corrected chi connectivity index (χ4v) is 4.50. The fraction of sp³-hybridized carbons (Fsp3) is 0.400. The molecule has 1 aliphatic rings. The van der Waals surface area contributed by atoms with Crippen molar-refractivity contribution in [1.29, 1.82) is 0 Å². The lowest BCUT2D eigenvalue weighted by molar-refractivity contribution is -0.137. The van der Waals surface area contributed by atoms with Gasteiger partial charge in [-0.25, -0.2) is 13.1 Å². The molecule has 0 amide bonds. The molecule has 0 saturated carbocycles. The number of hydrogen-bond acceptors (Lipinski definition) is 3. The van der Waals surface area contributed by atoms with Crippen molar-refractivity contribution >= 4 is 10.0 Å². The largest absolute Gasteiger partial charge is 0.416 e. The molecule has 28 heavy (non-hydrogen) atoms. The molecule has 2 aromatic rings. The molecule has 0 atom stereocenters. The molecule has 152 valence electrons. The first kappa shape index (κ1) is 20.8. The summed E-state index contributed by atoms with van der Waals surface area (Å²) < 4.78 is 65.6. The summed E-state index contributed by atoms with van der Waals surface area (Å²) in [6.45, 7) is 2.83. The number of rotatable bonds is 6. The van der Waals surface area contributed by atoms with Crippen LogP contribution in [0.3, 0.4) is 0 Å². The molecule has 0 aliphatic carbocycles. The summed E-state index contributed by atoms with van der Waals surface area (Å²) in [5, 5.41) is 0. The van der Waals surface area contributed by atoms with Gasteiger partial charge in [0.05, 0.1) is 10.5 Å². The van der Waals surface area contributed by atoms with Gasteiger partial charge in [-0.05, 0) is 55.6 Å². The van der Waals surface area contributed by atoms with E-state index >= 15 is 0 Å². The molecule has 8 heteroatoms. The summed E-state index contributed by atoms with van der Waals surface area (Å²) in [4.78, 5) is 1.97. The number of benzene rings is 2. The molecule has 1 fully saturated rings. The van der Waals surface area contributed by atoms with Gasteiger partial charge in [0.2, 0.25) is 10.0 Å². The van der Waals surface area contributed by atoms with Gasteiger partial charge in [0, 0.05) is 13.1 Å². The molecule has 0 spiro atoms. The summed E-state index contributed by atoms with van der Waals surface area (Å²) >= 11 is 0. The lowest BCUT2D eigenvalue weighted by Gasteiger charge is -2.32. The molecule has 0 unspecified atom stereocenters. The summed E-state index contributed by atoms with van der Waals surface area (Å²) in [7, 11) is -3.97. The Morgan fingerprint density at radius 3 is 2.32 bits per heavy atom. The minimum atomic E-state index is -4.57. The number of hydrogen-bond donors (Lipinski definition) is 1. The standard InChI is InChI=1S/C20H23F3N2O2S/c21-20(22,23)18-7-4-8-19(13-18)28(26,27)24-14-16-9-11-25(12-10-16)15-17-5-2-1-3-6-17/h1-8,13,16,24H,9-12,14-15H2. The zero-order valence-corrected chi connectivity index (χ0v) is 16.1. The quantitative estimate of drug-likeness (QED) is 0.783. The molecule has 0 bridgehead atoms. The van der Waals surface area contributed by atoms with E-state index in [4.69, 9.17) is 0 Å². The van der Waals surface area contributed by atoms with Crippen molar-refractivity contribution in [3.05, 3.63) is 65.7 Å². The van der Waals surface area contributed by atoms with Crippen LogP contribution >= 0.6 is 0 Å². The van der Waals surface area contributed by atoms with E-state index in [2.05, 4.69) is 21.8 Å². The van der Waals surface area contributed by atoms with Crippen molar-refractivity contribution in [2.75, 3.05) is 19.6 Å². The van der Waals surface area contributed by atoms with Crippen LogP contribution in [-0.4, -0.2) is 33.0 Å². The lowest BCUT2D eigenvalue weighted by atomic mass is 9.97. The van der Waals surface area contributed by atoms with E-state index in [1.54, 1.807) is 0 Å². The van der Waals surface area contributed by atoms with Crippen molar-refractivity contribution in [3.63, 3.8) is 0 Å². The summed E-state index contributed by atoms with van der Waals surface area (Å²) in [6.07, 6.45) is -2.88. The minimum absolute atomic E-state index is 0.174. The van der Waals surface area contributed by atoms with Crippen LogP contribution in [0.5, 0.6) is 0 Å². The predicted octanol–water partition coefficient (Wildman–Crippen LogP) is 3.90. The highest BCUT2D eigenvalue weighted by Crippen LogP contribution is 2.30. The third-order valence-corrected chi connectivity index (χ3v) is 6.41. The van der Waals surface area contributed by atoms with E-state index in [0.717, 1.165) is 44.6 Å². The Bertz CT molecular complexity index is 878. The highest BCUT2D eigenvalue weighted by atomic mass is 32.2. The average Bonchev–Trinajstić information content (AvgIpc) is 2.68. The number of alkyl halides is 3. The molecule has 1 saturated heterocycles. The molecule has 1 N–H and O–H groups in total. The van der Waals surface area contributed by atoms with Crippen LogP contribution in [0.15, 0.2) is 59.5 Å². The van der Waals surface area contributed by atoms with Gasteiger partial charge in [0.25, 0.3) is 0 Å². The van der Waals surface area contributed by atoms with Crippen molar-refractivity contribution < 1.29 is 21.6 Å². The smallest absolute Gasteiger partial charge is 0.299 e. The summed E-state index contributed by atoms with van der Waals surface area (Å²) in [6, 6.07) is 14.0. The Kier molecular flexibility index (Phi) is 6.42. The Labute approximate surface area is 163 Å². The fourth-order valence-electron chi connectivity index (χ4n) is 3.34. The Morgan fingerprint density at radius 2 is 1.68 bits per heavy atom. The number of likely N-dealkylation sites (tertiary alicyclic amines) is 1. The number of piperidine rings is 1. The molecule has 4 nitrogen and oxygen atoms in total. The molecule has 1 heterocycles. The second kappa shape index (κ2) is 8.63. The van der Waals surface area contributed by atoms with Crippen LogP contribution in [0.1, 0.15) is 24.0 Å². The van der Waals surface area contributed by atoms with E-state index in [-0.39, 0.29) is 17.4 Å². The average molecular weight is 412 g/mol. The maximum atomic E-state index is 12.8. The van der Waals surface area contributed by atoms with E-state index in [9.17, 15) is 21.6 Å². The van der Waals surface area contributed by atoms with Crippen LogP contribution < -0.4 is 4.72 Å². The maximum absolute atomic E-state index is 12.8. The van der Waals surface area contributed by atoms with Crippen molar-refractivity contribution in [3.8, 4) is 0 Å². The van der Waals surface area contributed by atoms with Crippen molar-refractivity contribution in [2.45, 2.75) is 30.5 Å². The number of nitrogens with zero attached hydrogens (tertiary/aromatic N) is 1. The topological polar surface area (TPSA) is 49.4 Å². The van der Waals surface area contributed by atoms with E-state index in [1.165, 1.54) is 11.6 Å². The molecule has 1 aliphatic heterocycles. The highest BCUT2D eigenvalue weighted by molar-refractivity contribution is 7.89. The van der Waals surface area contributed by atoms with Gasteiger partial charge in [-0.3, -0.25) is 4.90 Å². The zero-order valence-electron chi connectivity index (χ0n) is 15.3. The third-order valence-electron chi connectivity index (χ3n) is 4.99. The van der Waals surface area contributed by atoms with Crippen molar-refractivity contribution in [2.24, 2.45) is 5.92 Å². The Morgan fingerprint density at radius 1 is 1.00 bits per heavy atom. The lowest BCUT2D eigenvalue weighted by Crippen LogP contribution is -2.38. The third kappa shape index (κ3) is 5.56. The number of halogens is 3. The zero-order chi connectivity index (χ0) is 20.2. The molecule has 2 aromatic carbocycles. The second-order valence-corrected chi connectivity index (χ2v) is 8.85. The highest BCUT2D eigenvalue weighted by Gasteiger charge is 2.31. The second-order valence-electron chi connectivity index (χ2n) is 7.08. The normalized spacial score (nSPS) is 17.0. The van der Waals surface area contributed by atoms with Gasteiger partial charge in [-0.1, -0.05) is 36.4 Å². The maximum Gasteiger partial charge on any atom is 0.416 e. The van der Waals surface area contributed by atoms with Gasteiger partial charge in [-0.15, -0.1) is 0 Å². The predicted molar refractivity (Wildman–Crippen MR) is 101 cm³/mol. The Hall–Kier alpha value is -1.90. The van der Waals surface area contributed by atoms with Crippen LogP contribution in [0, 0.1) is 5.92 Å². The first-order valence-corrected chi connectivity index (χ1v) is 10.7. The van der Waals surface area contributed by atoms with Crippen molar-refractivity contribution in [1.82, 2.24) is 9.62 Å². The van der Waals surface area contributed by atoms with Crippen LogP contribution in [0.25, 0.3) is 0 Å². The van der Waals surface area contributed by atoms with E-state index in [0.29, 0.717) is 6.07 Å². The van der Waals surface area contributed by atoms with Gasteiger partial charge >= 0.3 is 6.18 Å². The van der Waals surface area contributed by atoms with Crippen LogP contribution in [-0.2, 0) is 22.7 Å². The monoisotopic (exact) mass is 412 g/mol. The molecule has 3 rings (SSSR count). The SMILES string of the molecule is O=S(=O)(NCC1CCN(Cc2ccccc2)CC1)c1cccc(C(F)(F)F)c1. The number of sulfonamides is 1. The first-order valence-electron chi connectivity index (χ1n) is 9.17. The summed E-state index contributed by atoms with van der Waals surface area (Å²) in [5.41, 5.74) is 0.274. The molecule has 0 radical (unpaired) electrons. The van der Waals surface area contributed by atoms with Gasteiger partial charge in [0.1, 0.15) is 0 Å². The number of nitrogens with one attached hydrogen (secondary N) is 1. The minimum Gasteiger partial charge on any atom is -0.299 e. The molecular weight excluding hydrogens is 389 g/mol. The van der Waals surface area contributed by atoms with E-state index < -0.39 is 21.8 Å². The molecular formula is C20H23F3N2O2S. The van der Waals surface area contributed by atoms with Gasteiger partial charge < -0.3 is 0 Å². The molecule has 0 aromatic heterocycles. The first-order chi connectivity index (χ1) is 13.2. The van der Waals surface area contributed by atoms with Gasteiger partial charge in [0.15, 0.2) is 0 Å².